The van der Waals surface area contributed by atoms with Crippen LogP contribution in [0.1, 0.15) is 22.9 Å². The van der Waals surface area contributed by atoms with Gasteiger partial charge in [0.2, 0.25) is 0 Å². The lowest BCUT2D eigenvalue weighted by Crippen LogP contribution is -2.33. The van der Waals surface area contributed by atoms with Crippen LogP contribution in [-0.4, -0.2) is 11.7 Å². The van der Waals surface area contributed by atoms with Gasteiger partial charge in [0.05, 0.1) is 0 Å². The van der Waals surface area contributed by atoms with Crippen molar-refractivity contribution in [1.29, 1.82) is 0 Å². The molecule has 0 aliphatic carbocycles. The van der Waals surface area contributed by atoms with E-state index < -0.39 is 0 Å². The van der Waals surface area contributed by atoms with Crippen LogP contribution in [0.5, 0.6) is 0 Å². The zero-order valence-electron chi connectivity index (χ0n) is 24.3. The number of aliphatic imine (C=N–C) groups is 2. The highest BCUT2D eigenvalue weighted by atomic mass is 16.3. The first kappa shape index (κ1) is 25.5. The number of amidine groups is 2. The van der Waals surface area contributed by atoms with E-state index >= 15 is 0 Å². The fourth-order valence-corrected chi connectivity index (χ4v) is 6.42. The van der Waals surface area contributed by atoms with Gasteiger partial charge in [-0.3, -0.25) is 0 Å². The molecule has 0 radical (unpaired) electrons. The van der Waals surface area contributed by atoms with Gasteiger partial charge in [0, 0.05) is 27.5 Å². The molecule has 1 atom stereocenters. The standard InChI is InChI=1S/C41H27N3O/c1-3-10-27(11-4-1)39-42-40(28-12-5-2-6-13-28)44-41(43-39)32-18-21-35-36-24-30(19-22-37(36)45-38(35)25-32)29-17-20-34-31(23-29)16-15-26-9-7-8-14-33(26)34/h1-25,41H,(H,42,43,44). The number of furan rings is 1. The Bertz CT molecular complexity index is 2460. The lowest BCUT2D eigenvalue weighted by Gasteiger charge is -2.23. The topological polar surface area (TPSA) is 49.9 Å². The van der Waals surface area contributed by atoms with Crippen molar-refractivity contribution in [3.63, 3.8) is 0 Å². The molecule has 4 nitrogen and oxygen atoms in total. The number of benzene rings is 7. The molecule has 0 saturated carbocycles. The second kappa shape index (κ2) is 10.3. The minimum absolute atomic E-state index is 0.310. The maximum absolute atomic E-state index is 6.41. The molecule has 1 aliphatic heterocycles. The van der Waals surface area contributed by atoms with Crippen LogP contribution in [0, 0.1) is 0 Å². The minimum Gasteiger partial charge on any atom is -0.456 e. The first-order valence-electron chi connectivity index (χ1n) is 15.2. The molecule has 9 rings (SSSR count). The molecule has 1 N–H and O–H groups in total. The number of rotatable bonds is 4. The van der Waals surface area contributed by atoms with Crippen LogP contribution in [0.15, 0.2) is 166 Å². The Morgan fingerprint density at radius 3 is 2.02 bits per heavy atom. The molecule has 45 heavy (non-hydrogen) atoms. The van der Waals surface area contributed by atoms with Gasteiger partial charge in [-0.1, -0.05) is 127 Å². The fourth-order valence-electron chi connectivity index (χ4n) is 6.42. The van der Waals surface area contributed by atoms with Gasteiger partial charge in [-0.2, -0.15) is 0 Å². The van der Waals surface area contributed by atoms with Crippen molar-refractivity contribution in [3.05, 3.63) is 168 Å². The molecule has 0 saturated heterocycles. The molecule has 1 aliphatic rings. The summed E-state index contributed by atoms with van der Waals surface area (Å²) in [6.45, 7) is 0. The van der Waals surface area contributed by atoms with Crippen molar-refractivity contribution >= 4 is 55.2 Å². The Kier molecular flexibility index (Phi) is 5.85. The van der Waals surface area contributed by atoms with E-state index in [1.165, 1.54) is 32.7 Å². The summed E-state index contributed by atoms with van der Waals surface area (Å²) in [5.41, 5.74) is 7.08. The van der Waals surface area contributed by atoms with Crippen molar-refractivity contribution in [2.75, 3.05) is 0 Å². The van der Waals surface area contributed by atoms with Crippen LogP contribution in [0.3, 0.4) is 0 Å². The zero-order chi connectivity index (χ0) is 29.7. The van der Waals surface area contributed by atoms with Crippen molar-refractivity contribution in [2.45, 2.75) is 6.17 Å². The van der Waals surface area contributed by atoms with Crippen LogP contribution in [0.2, 0.25) is 0 Å². The molecule has 0 amide bonds. The van der Waals surface area contributed by atoms with E-state index in [1.54, 1.807) is 0 Å². The van der Waals surface area contributed by atoms with E-state index in [0.717, 1.165) is 44.5 Å². The maximum atomic E-state index is 6.41. The van der Waals surface area contributed by atoms with E-state index in [1.807, 2.05) is 48.5 Å². The van der Waals surface area contributed by atoms with Crippen molar-refractivity contribution in [2.24, 2.45) is 9.98 Å². The summed E-state index contributed by atoms with van der Waals surface area (Å²) < 4.78 is 6.41. The number of fused-ring (bicyclic) bond motifs is 6. The van der Waals surface area contributed by atoms with Crippen LogP contribution in [0.25, 0.3) is 54.6 Å². The third-order valence-corrected chi connectivity index (χ3v) is 8.71. The monoisotopic (exact) mass is 577 g/mol. The van der Waals surface area contributed by atoms with Gasteiger partial charge in [-0.25, -0.2) is 9.98 Å². The molecule has 8 aromatic rings. The Labute approximate surface area is 260 Å². The Morgan fingerprint density at radius 1 is 0.467 bits per heavy atom. The largest absolute Gasteiger partial charge is 0.456 e. The van der Waals surface area contributed by atoms with Crippen molar-refractivity contribution in [1.82, 2.24) is 5.32 Å². The van der Waals surface area contributed by atoms with E-state index in [-0.39, 0.29) is 6.17 Å². The number of nitrogens with zero attached hydrogens (tertiary/aromatic N) is 2. The molecule has 4 heteroatoms. The molecular formula is C41H27N3O. The van der Waals surface area contributed by atoms with E-state index in [2.05, 4.69) is 108 Å². The second-order valence-electron chi connectivity index (χ2n) is 11.5. The Balaban J connectivity index is 1.10. The summed E-state index contributed by atoms with van der Waals surface area (Å²) in [4.78, 5) is 9.93. The van der Waals surface area contributed by atoms with Gasteiger partial charge in [0.1, 0.15) is 23.2 Å². The van der Waals surface area contributed by atoms with Crippen molar-refractivity contribution < 1.29 is 4.42 Å². The smallest absolute Gasteiger partial charge is 0.159 e. The van der Waals surface area contributed by atoms with Crippen LogP contribution in [-0.2, 0) is 0 Å². The lowest BCUT2D eigenvalue weighted by molar-refractivity contribution is 0.655. The van der Waals surface area contributed by atoms with E-state index in [9.17, 15) is 0 Å². The first-order chi connectivity index (χ1) is 22.3. The summed E-state index contributed by atoms with van der Waals surface area (Å²) in [5.74, 6) is 1.50. The molecule has 0 bridgehead atoms. The van der Waals surface area contributed by atoms with Crippen LogP contribution < -0.4 is 5.32 Å². The fraction of sp³-hybridized carbons (Fsp3) is 0.0244. The average Bonchev–Trinajstić information content (AvgIpc) is 3.49. The minimum atomic E-state index is -0.310. The molecule has 2 heterocycles. The number of nitrogens with one attached hydrogen (secondary N) is 1. The SMILES string of the molecule is c1ccc(C2=NC(c3ccc4c(c3)oc3ccc(-c5ccc6c(ccc7ccccc76)c5)cc34)NC(c3ccccc3)=N2)cc1. The number of hydrogen-bond acceptors (Lipinski definition) is 4. The van der Waals surface area contributed by atoms with Gasteiger partial charge in [-0.05, 0) is 56.9 Å². The predicted octanol–water partition coefficient (Wildman–Crippen LogP) is 10.1. The van der Waals surface area contributed by atoms with Gasteiger partial charge in [-0.15, -0.1) is 0 Å². The number of hydrogen-bond donors (Lipinski definition) is 1. The predicted molar refractivity (Wildman–Crippen MR) is 186 cm³/mol. The summed E-state index contributed by atoms with van der Waals surface area (Å²) in [6.07, 6.45) is -0.310. The normalized spacial score (nSPS) is 14.9. The molecule has 7 aromatic carbocycles. The highest BCUT2D eigenvalue weighted by Gasteiger charge is 2.22. The zero-order valence-corrected chi connectivity index (χ0v) is 24.3. The molecule has 1 aromatic heterocycles. The van der Waals surface area contributed by atoms with E-state index in [4.69, 9.17) is 14.4 Å². The summed E-state index contributed by atoms with van der Waals surface area (Å²) in [6, 6.07) is 52.9. The quantitative estimate of drug-likeness (QED) is 0.212. The molecule has 1 unspecified atom stereocenters. The van der Waals surface area contributed by atoms with Gasteiger partial charge < -0.3 is 9.73 Å². The van der Waals surface area contributed by atoms with Gasteiger partial charge in [0.25, 0.3) is 0 Å². The molecule has 0 spiro atoms. The van der Waals surface area contributed by atoms with Crippen molar-refractivity contribution in [3.8, 4) is 11.1 Å². The third kappa shape index (κ3) is 4.47. The highest BCUT2D eigenvalue weighted by molar-refractivity contribution is 6.13. The molecular weight excluding hydrogens is 550 g/mol. The highest BCUT2D eigenvalue weighted by Crippen LogP contribution is 2.36. The van der Waals surface area contributed by atoms with Crippen LogP contribution in [0.4, 0.5) is 0 Å². The first-order valence-corrected chi connectivity index (χ1v) is 15.2. The average molecular weight is 578 g/mol. The lowest BCUT2D eigenvalue weighted by atomic mass is 9.96. The summed E-state index contributed by atoms with van der Waals surface area (Å²) in [5, 5.41) is 10.8. The summed E-state index contributed by atoms with van der Waals surface area (Å²) in [7, 11) is 0. The Hall–Kier alpha value is -6.00. The maximum Gasteiger partial charge on any atom is 0.159 e. The summed E-state index contributed by atoms with van der Waals surface area (Å²) >= 11 is 0. The third-order valence-electron chi connectivity index (χ3n) is 8.71. The van der Waals surface area contributed by atoms with Crippen LogP contribution >= 0.6 is 0 Å². The molecule has 0 fully saturated rings. The van der Waals surface area contributed by atoms with Gasteiger partial charge >= 0.3 is 0 Å². The Morgan fingerprint density at radius 2 is 1.16 bits per heavy atom. The molecule has 212 valence electrons. The van der Waals surface area contributed by atoms with Gasteiger partial charge in [0.15, 0.2) is 5.84 Å². The second-order valence-corrected chi connectivity index (χ2v) is 11.5. The van der Waals surface area contributed by atoms with E-state index in [0.29, 0.717) is 5.84 Å².